The van der Waals surface area contributed by atoms with Crippen LogP contribution in [0, 0.1) is 0 Å². The van der Waals surface area contributed by atoms with E-state index in [0.717, 1.165) is 17.0 Å². The van der Waals surface area contributed by atoms with Gasteiger partial charge in [-0.05, 0) is 43.7 Å². The Hall–Kier alpha value is -2.31. The minimum atomic E-state index is 0.0220. The van der Waals surface area contributed by atoms with Crippen LogP contribution in [0.2, 0.25) is 5.02 Å². The zero-order chi connectivity index (χ0) is 17.8. The number of methoxy groups -OCH3 is 1. The molecule has 0 saturated carbocycles. The minimum absolute atomic E-state index is 0.0220. The fourth-order valence-electron chi connectivity index (χ4n) is 2.68. The van der Waals surface area contributed by atoms with Gasteiger partial charge < -0.3 is 14.8 Å². The molecule has 7 heteroatoms. The molecule has 0 saturated heterocycles. The quantitative estimate of drug-likeness (QED) is 0.697. The standard InChI is InChI=1S/C18H21ClN4O2/c1-4-25-17-14(19)9-13(10-15(17)24-3)11-20-12(2)18-22-21-16-7-5-6-8-23(16)18/h5-10,12,20H,4,11H2,1-3H3. The van der Waals surface area contributed by atoms with E-state index in [1.54, 1.807) is 7.11 Å². The molecular formula is C18H21ClN4O2. The van der Waals surface area contributed by atoms with Gasteiger partial charge in [-0.2, -0.15) is 0 Å². The summed E-state index contributed by atoms with van der Waals surface area (Å²) in [7, 11) is 1.61. The van der Waals surface area contributed by atoms with Crippen molar-refractivity contribution in [3.8, 4) is 11.5 Å². The van der Waals surface area contributed by atoms with Crippen LogP contribution in [0.4, 0.5) is 0 Å². The number of halogens is 1. The molecule has 2 heterocycles. The Morgan fingerprint density at radius 2 is 2.12 bits per heavy atom. The zero-order valence-corrected chi connectivity index (χ0v) is 15.2. The summed E-state index contributed by atoms with van der Waals surface area (Å²) >= 11 is 6.33. The third-order valence-electron chi connectivity index (χ3n) is 3.92. The van der Waals surface area contributed by atoms with E-state index in [-0.39, 0.29) is 6.04 Å². The van der Waals surface area contributed by atoms with E-state index < -0.39 is 0 Å². The van der Waals surface area contributed by atoms with Crippen LogP contribution in [0.15, 0.2) is 36.5 Å². The van der Waals surface area contributed by atoms with Crippen LogP contribution in [0.25, 0.3) is 5.65 Å². The van der Waals surface area contributed by atoms with Crippen molar-refractivity contribution in [2.45, 2.75) is 26.4 Å². The van der Waals surface area contributed by atoms with Gasteiger partial charge in [-0.25, -0.2) is 0 Å². The fraction of sp³-hybridized carbons (Fsp3) is 0.333. The number of rotatable bonds is 7. The monoisotopic (exact) mass is 360 g/mol. The summed E-state index contributed by atoms with van der Waals surface area (Å²) in [6.07, 6.45) is 1.96. The van der Waals surface area contributed by atoms with Gasteiger partial charge in [0.05, 0.1) is 24.8 Å². The van der Waals surface area contributed by atoms with Gasteiger partial charge in [-0.3, -0.25) is 4.40 Å². The summed E-state index contributed by atoms with van der Waals surface area (Å²) in [6, 6.07) is 9.67. The van der Waals surface area contributed by atoms with Gasteiger partial charge in [0.2, 0.25) is 0 Å². The van der Waals surface area contributed by atoms with Crippen molar-refractivity contribution in [2.75, 3.05) is 13.7 Å². The van der Waals surface area contributed by atoms with E-state index in [0.29, 0.717) is 29.7 Å². The summed E-state index contributed by atoms with van der Waals surface area (Å²) in [4.78, 5) is 0. The van der Waals surface area contributed by atoms with Crippen LogP contribution in [0.3, 0.4) is 0 Å². The van der Waals surface area contributed by atoms with Crippen molar-refractivity contribution in [3.63, 3.8) is 0 Å². The van der Waals surface area contributed by atoms with Gasteiger partial charge in [0, 0.05) is 12.7 Å². The summed E-state index contributed by atoms with van der Waals surface area (Å²) in [5, 5.41) is 12.4. The summed E-state index contributed by atoms with van der Waals surface area (Å²) in [5.74, 6) is 2.07. The number of aromatic nitrogens is 3. The number of fused-ring (bicyclic) bond motifs is 1. The maximum absolute atomic E-state index is 6.33. The molecule has 0 fully saturated rings. The molecule has 1 unspecified atom stereocenters. The minimum Gasteiger partial charge on any atom is -0.493 e. The lowest BCUT2D eigenvalue weighted by molar-refractivity contribution is 0.311. The first-order valence-electron chi connectivity index (χ1n) is 8.16. The Balaban J connectivity index is 1.76. The maximum Gasteiger partial charge on any atom is 0.179 e. The highest BCUT2D eigenvalue weighted by Crippen LogP contribution is 2.36. The lowest BCUT2D eigenvalue weighted by atomic mass is 10.2. The highest BCUT2D eigenvalue weighted by Gasteiger charge is 2.15. The second kappa shape index (κ2) is 7.72. The molecule has 25 heavy (non-hydrogen) atoms. The van der Waals surface area contributed by atoms with Crippen molar-refractivity contribution >= 4 is 17.2 Å². The predicted octanol–water partition coefficient (Wildman–Crippen LogP) is 3.64. The van der Waals surface area contributed by atoms with Crippen LogP contribution in [-0.4, -0.2) is 28.3 Å². The number of hydrogen-bond acceptors (Lipinski definition) is 5. The van der Waals surface area contributed by atoms with Gasteiger partial charge in [0.1, 0.15) is 0 Å². The average molecular weight is 361 g/mol. The SMILES string of the molecule is CCOc1c(Cl)cc(CNC(C)c2nnc3ccccn23)cc1OC. The van der Waals surface area contributed by atoms with Gasteiger partial charge in [0.15, 0.2) is 23.0 Å². The Bertz CT molecular complexity index is 865. The van der Waals surface area contributed by atoms with Crippen LogP contribution < -0.4 is 14.8 Å². The van der Waals surface area contributed by atoms with E-state index in [4.69, 9.17) is 21.1 Å². The van der Waals surface area contributed by atoms with Gasteiger partial charge in [0.25, 0.3) is 0 Å². The zero-order valence-electron chi connectivity index (χ0n) is 14.5. The van der Waals surface area contributed by atoms with Gasteiger partial charge in [-0.1, -0.05) is 17.7 Å². The molecule has 3 aromatic rings. The summed E-state index contributed by atoms with van der Waals surface area (Å²) in [5.41, 5.74) is 1.84. The lowest BCUT2D eigenvalue weighted by Gasteiger charge is -2.15. The van der Waals surface area contributed by atoms with Crippen molar-refractivity contribution < 1.29 is 9.47 Å². The number of hydrogen-bond donors (Lipinski definition) is 1. The van der Waals surface area contributed by atoms with Crippen LogP contribution >= 0.6 is 11.6 Å². The van der Waals surface area contributed by atoms with Crippen molar-refractivity contribution in [1.29, 1.82) is 0 Å². The van der Waals surface area contributed by atoms with Crippen molar-refractivity contribution in [1.82, 2.24) is 19.9 Å². The largest absolute Gasteiger partial charge is 0.493 e. The highest BCUT2D eigenvalue weighted by molar-refractivity contribution is 6.32. The molecule has 0 aliphatic carbocycles. The number of nitrogens with zero attached hydrogens (tertiary/aromatic N) is 3. The summed E-state index contributed by atoms with van der Waals surface area (Å²) in [6.45, 7) is 5.11. The predicted molar refractivity (Wildman–Crippen MR) is 97.4 cm³/mol. The van der Waals surface area contributed by atoms with Crippen LogP contribution in [0.5, 0.6) is 11.5 Å². The van der Waals surface area contributed by atoms with Crippen molar-refractivity contribution in [2.24, 2.45) is 0 Å². The number of pyridine rings is 1. The molecule has 6 nitrogen and oxygen atoms in total. The Kier molecular flexibility index (Phi) is 5.40. The van der Waals surface area contributed by atoms with E-state index in [1.807, 2.05) is 47.9 Å². The highest BCUT2D eigenvalue weighted by atomic mass is 35.5. The van der Waals surface area contributed by atoms with E-state index in [1.165, 1.54) is 0 Å². The van der Waals surface area contributed by atoms with E-state index in [9.17, 15) is 0 Å². The molecule has 1 aromatic carbocycles. The first-order chi connectivity index (χ1) is 12.1. The first kappa shape index (κ1) is 17.5. The molecule has 0 spiro atoms. The second-order valence-electron chi connectivity index (χ2n) is 5.63. The number of ether oxygens (including phenoxy) is 2. The third-order valence-corrected chi connectivity index (χ3v) is 4.20. The molecule has 3 rings (SSSR count). The molecule has 0 aliphatic rings. The molecule has 0 aliphatic heterocycles. The second-order valence-corrected chi connectivity index (χ2v) is 6.04. The number of benzene rings is 1. The van der Waals surface area contributed by atoms with Crippen LogP contribution in [-0.2, 0) is 6.54 Å². The molecule has 2 aromatic heterocycles. The molecule has 132 valence electrons. The van der Waals surface area contributed by atoms with Crippen molar-refractivity contribution in [3.05, 3.63) is 52.9 Å². The Morgan fingerprint density at radius 1 is 1.28 bits per heavy atom. The Labute approximate surface area is 151 Å². The molecule has 0 amide bonds. The molecule has 0 bridgehead atoms. The van der Waals surface area contributed by atoms with Crippen LogP contribution in [0.1, 0.15) is 31.3 Å². The molecule has 0 radical (unpaired) electrons. The van der Waals surface area contributed by atoms with E-state index >= 15 is 0 Å². The maximum atomic E-state index is 6.33. The molecule has 1 N–H and O–H groups in total. The molecular weight excluding hydrogens is 340 g/mol. The first-order valence-corrected chi connectivity index (χ1v) is 8.54. The topological polar surface area (TPSA) is 60.7 Å². The lowest BCUT2D eigenvalue weighted by Crippen LogP contribution is -2.20. The third kappa shape index (κ3) is 3.70. The normalized spacial score (nSPS) is 12.3. The smallest absolute Gasteiger partial charge is 0.179 e. The van der Waals surface area contributed by atoms with E-state index in [2.05, 4.69) is 22.4 Å². The fourth-order valence-corrected chi connectivity index (χ4v) is 2.96. The van der Waals surface area contributed by atoms with Gasteiger partial charge >= 0.3 is 0 Å². The Morgan fingerprint density at radius 3 is 2.88 bits per heavy atom. The van der Waals surface area contributed by atoms with Gasteiger partial charge in [-0.15, -0.1) is 10.2 Å². The number of nitrogens with one attached hydrogen (secondary N) is 1. The summed E-state index contributed by atoms with van der Waals surface area (Å²) < 4.78 is 12.9. The average Bonchev–Trinajstić information content (AvgIpc) is 3.05. The molecule has 1 atom stereocenters.